The molecule has 0 radical (unpaired) electrons. The van der Waals surface area contributed by atoms with Crippen molar-refractivity contribution in [2.75, 3.05) is 5.75 Å². The summed E-state index contributed by atoms with van der Waals surface area (Å²) in [5, 5.41) is 9.80. The highest BCUT2D eigenvalue weighted by molar-refractivity contribution is 7.99. The molecule has 0 saturated carbocycles. The number of hydrogen-bond donors (Lipinski definition) is 0. The van der Waals surface area contributed by atoms with Gasteiger partial charge in [0.25, 0.3) is 0 Å². The van der Waals surface area contributed by atoms with Gasteiger partial charge >= 0.3 is 0 Å². The maximum atomic E-state index is 4.42. The Morgan fingerprint density at radius 2 is 1.71 bits per heavy atom. The van der Waals surface area contributed by atoms with Crippen LogP contribution in [0.4, 0.5) is 0 Å². The highest BCUT2D eigenvalue weighted by Crippen LogP contribution is 2.22. The van der Waals surface area contributed by atoms with Crippen molar-refractivity contribution in [3.8, 4) is 5.69 Å². The first-order valence-electron chi connectivity index (χ1n) is 7.99. The quantitative estimate of drug-likeness (QED) is 0.488. The van der Waals surface area contributed by atoms with Gasteiger partial charge in [0.2, 0.25) is 0 Å². The molecule has 0 spiro atoms. The highest BCUT2D eigenvalue weighted by Gasteiger charge is 2.13. The molecule has 1 aromatic heterocycles. The molecule has 21 heavy (non-hydrogen) atoms. The van der Waals surface area contributed by atoms with E-state index in [1.807, 2.05) is 6.07 Å². The molecular formula is C17H25N3S. The summed E-state index contributed by atoms with van der Waals surface area (Å²) in [6, 6.07) is 10.4. The number of nitrogens with zero attached hydrogens (tertiary/aromatic N) is 3. The number of thioether (sulfide) groups is 1. The van der Waals surface area contributed by atoms with Gasteiger partial charge in [-0.1, -0.05) is 69.5 Å². The molecule has 114 valence electrons. The molecule has 0 aliphatic carbocycles. The van der Waals surface area contributed by atoms with Crippen molar-refractivity contribution in [1.82, 2.24) is 14.8 Å². The molecule has 0 fully saturated rings. The van der Waals surface area contributed by atoms with Gasteiger partial charge in [0.15, 0.2) is 5.16 Å². The molecule has 0 N–H and O–H groups in total. The van der Waals surface area contributed by atoms with Gasteiger partial charge in [-0.15, -0.1) is 10.2 Å². The molecule has 1 aromatic carbocycles. The van der Waals surface area contributed by atoms with Gasteiger partial charge in [0.1, 0.15) is 5.82 Å². The minimum Gasteiger partial charge on any atom is -0.274 e. The Kier molecular flexibility index (Phi) is 6.80. The third-order valence-corrected chi connectivity index (χ3v) is 4.30. The van der Waals surface area contributed by atoms with Gasteiger partial charge in [-0.25, -0.2) is 0 Å². The van der Waals surface area contributed by atoms with Crippen molar-refractivity contribution in [3.63, 3.8) is 0 Å². The smallest absolute Gasteiger partial charge is 0.195 e. The lowest BCUT2D eigenvalue weighted by atomic mass is 10.1. The second kappa shape index (κ2) is 8.88. The van der Waals surface area contributed by atoms with Crippen molar-refractivity contribution in [2.24, 2.45) is 0 Å². The predicted octanol–water partition coefficient (Wildman–Crippen LogP) is 4.89. The summed E-state index contributed by atoms with van der Waals surface area (Å²) in [6.07, 6.45) is 7.44. The molecule has 0 unspecified atom stereocenters. The average molecular weight is 303 g/mol. The monoisotopic (exact) mass is 303 g/mol. The van der Waals surface area contributed by atoms with Crippen molar-refractivity contribution in [1.29, 1.82) is 0 Å². The molecule has 2 aromatic rings. The van der Waals surface area contributed by atoms with E-state index < -0.39 is 0 Å². The summed E-state index contributed by atoms with van der Waals surface area (Å²) in [6.45, 7) is 4.40. The van der Waals surface area contributed by atoms with E-state index in [1.165, 1.54) is 37.8 Å². The topological polar surface area (TPSA) is 30.7 Å². The first kappa shape index (κ1) is 16.1. The molecule has 0 bridgehead atoms. The second-order valence-electron chi connectivity index (χ2n) is 5.17. The van der Waals surface area contributed by atoms with Gasteiger partial charge in [0, 0.05) is 12.1 Å². The van der Waals surface area contributed by atoms with Crippen molar-refractivity contribution < 1.29 is 0 Å². The van der Waals surface area contributed by atoms with Crippen LogP contribution >= 0.6 is 11.8 Å². The molecule has 2 rings (SSSR count). The number of para-hydroxylation sites is 1. The zero-order valence-electron chi connectivity index (χ0n) is 13.1. The van der Waals surface area contributed by atoms with E-state index in [0.29, 0.717) is 0 Å². The fraction of sp³-hybridized carbons (Fsp3) is 0.529. The number of aryl methyl sites for hydroxylation is 1. The Morgan fingerprint density at radius 1 is 0.952 bits per heavy atom. The van der Waals surface area contributed by atoms with E-state index >= 15 is 0 Å². The van der Waals surface area contributed by atoms with Crippen LogP contribution in [0.1, 0.15) is 51.8 Å². The first-order valence-corrected chi connectivity index (χ1v) is 8.97. The van der Waals surface area contributed by atoms with Crippen LogP contribution in [0, 0.1) is 0 Å². The Morgan fingerprint density at radius 3 is 2.43 bits per heavy atom. The van der Waals surface area contributed by atoms with E-state index in [-0.39, 0.29) is 0 Å². The minimum absolute atomic E-state index is 1.01. The summed E-state index contributed by atoms with van der Waals surface area (Å²) in [7, 11) is 0. The molecule has 0 aliphatic heterocycles. The Balaban J connectivity index is 2.10. The normalized spacial score (nSPS) is 11.0. The summed E-state index contributed by atoms with van der Waals surface area (Å²) >= 11 is 1.75. The molecule has 4 heteroatoms. The minimum atomic E-state index is 1.01. The lowest BCUT2D eigenvalue weighted by Crippen LogP contribution is -2.03. The Bertz CT molecular complexity index is 522. The van der Waals surface area contributed by atoms with Gasteiger partial charge < -0.3 is 0 Å². The summed E-state index contributed by atoms with van der Waals surface area (Å²) < 4.78 is 2.22. The van der Waals surface area contributed by atoms with Crippen molar-refractivity contribution in [3.05, 3.63) is 36.2 Å². The fourth-order valence-corrected chi connectivity index (χ4v) is 3.10. The standard InChI is InChI=1S/C17H25N3S/c1-3-5-6-7-11-14-16-18-19-17(21-4-2)20(16)15-12-9-8-10-13-15/h8-10,12-13H,3-7,11,14H2,1-2H3. The van der Waals surface area contributed by atoms with Crippen LogP contribution in [-0.2, 0) is 6.42 Å². The molecule has 0 atom stereocenters. The van der Waals surface area contributed by atoms with Gasteiger partial charge in [-0.3, -0.25) is 4.57 Å². The molecular weight excluding hydrogens is 278 g/mol. The van der Waals surface area contributed by atoms with Crippen LogP contribution in [0.15, 0.2) is 35.5 Å². The van der Waals surface area contributed by atoms with E-state index in [9.17, 15) is 0 Å². The van der Waals surface area contributed by atoms with E-state index in [4.69, 9.17) is 0 Å². The number of benzene rings is 1. The van der Waals surface area contributed by atoms with Crippen LogP contribution in [0.5, 0.6) is 0 Å². The van der Waals surface area contributed by atoms with Crippen LogP contribution in [0.3, 0.4) is 0 Å². The van der Waals surface area contributed by atoms with Crippen molar-refractivity contribution in [2.45, 2.75) is 57.5 Å². The first-order chi connectivity index (χ1) is 10.4. The van der Waals surface area contributed by atoms with Crippen LogP contribution in [0.2, 0.25) is 0 Å². The third kappa shape index (κ3) is 4.60. The van der Waals surface area contributed by atoms with Crippen LogP contribution in [-0.4, -0.2) is 20.5 Å². The number of unbranched alkanes of at least 4 members (excludes halogenated alkanes) is 4. The van der Waals surface area contributed by atoms with E-state index in [1.54, 1.807) is 11.8 Å². The predicted molar refractivity (Wildman–Crippen MR) is 90.2 cm³/mol. The van der Waals surface area contributed by atoms with Gasteiger partial charge in [0.05, 0.1) is 0 Å². The molecule has 1 heterocycles. The summed E-state index contributed by atoms with van der Waals surface area (Å²) in [5.41, 5.74) is 1.17. The lowest BCUT2D eigenvalue weighted by molar-refractivity contribution is 0.617. The zero-order valence-corrected chi connectivity index (χ0v) is 13.9. The summed E-state index contributed by atoms with van der Waals surface area (Å²) in [5.74, 6) is 2.11. The fourth-order valence-electron chi connectivity index (χ4n) is 2.41. The van der Waals surface area contributed by atoms with Gasteiger partial charge in [-0.05, 0) is 24.3 Å². The SMILES string of the molecule is CCCCCCCc1nnc(SCC)n1-c1ccccc1. The van der Waals surface area contributed by atoms with E-state index in [2.05, 4.69) is 52.9 Å². The molecule has 0 amide bonds. The van der Waals surface area contributed by atoms with E-state index in [0.717, 1.165) is 23.2 Å². The van der Waals surface area contributed by atoms with Crippen molar-refractivity contribution >= 4 is 11.8 Å². The zero-order chi connectivity index (χ0) is 14.9. The number of aromatic nitrogens is 3. The van der Waals surface area contributed by atoms with Crippen LogP contribution < -0.4 is 0 Å². The summed E-state index contributed by atoms with van der Waals surface area (Å²) in [4.78, 5) is 0. The molecule has 0 saturated heterocycles. The Labute approximate surface area is 132 Å². The number of rotatable bonds is 9. The van der Waals surface area contributed by atoms with Gasteiger partial charge in [-0.2, -0.15) is 0 Å². The average Bonchev–Trinajstić information content (AvgIpc) is 2.91. The largest absolute Gasteiger partial charge is 0.274 e. The molecule has 3 nitrogen and oxygen atoms in total. The molecule has 0 aliphatic rings. The van der Waals surface area contributed by atoms with Crippen LogP contribution in [0.25, 0.3) is 5.69 Å². The third-order valence-electron chi connectivity index (χ3n) is 3.49. The second-order valence-corrected chi connectivity index (χ2v) is 6.40. The maximum Gasteiger partial charge on any atom is 0.195 e. The highest BCUT2D eigenvalue weighted by atomic mass is 32.2. The number of hydrogen-bond acceptors (Lipinski definition) is 3. The Hall–Kier alpha value is -1.29. The lowest BCUT2D eigenvalue weighted by Gasteiger charge is -2.09. The maximum absolute atomic E-state index is 4.42.